The molecule has 3 aliphatic heterocycles. The Hall–Kier alpha value is -6.68. The molecular weight excluding hydrogens is 1040 g/mol. The predicted octanol–water partition coefficient (Wildman–Crippen LogP) is 5.36. The average Bonchev–Trinajstić information content (AvgIpc) is 4.26. The third-order valence-corrected chi connectivity index (χ3v) is 15.6. The van der Waals surface area contributed by atoms with Crippen LogP contribution in [0.4, 0.5) is 9.18 Å². The molecule has 22 heteroatoms. The van der Waals surface area contributed by atoms with Crippen molar-refractivity contribution in [2.45, 2.75) is 187 Å². The maximum absolute atomic E-state index is 16.0. The molecule has 2 aromatic carbocycles. The molecule has 0 saturated carbocycles. The number of aryl methyl sites for hydroxylation is 2. The third kappa shape index (κ3) is 16.9. The van der Waals surface area contributed by atoms with Crippen LogP contribution in [0.5, 0.6) is 5.75 Å². The molecule has 8 atom stereocenters. The van der Waals surface area contributed by atoms with Gasteiger partial charge in [0.15, 0.2) is 11.6 Å². The minimum Gasteiger partial charge on any atom is -0.488 e. The summed E-state index contributed by atoms with van der Waals surface area (Å²) < 4.78 is 27.4. The summed E-state index contributed by atoms with van der Waals surface area (Å²) in [6, 6.07) is 6.88. The van der Waals surface area contributed by atoms with Gasteiger partial charge in [0.05, 0.1) is 40.8 Å². The number of unbranched alkanes of at least 4 members (excludes halogenated alkanes) is 2. The number of likely N-dealkylation sites (tertiary alicyclic amines) is 1. The second-order valence-corrected chi connectivity index (χ2v) is 24.0. The molecule has 0 bridgehead atoms. The van der Waals surface area contributed by atoms with E-state index in [1.165, 1.54) is 27.7 Å². The highest BCUT2D eigenvalue weighted by Crippen LogP contribution is 2.32. The molecule has 3 saturated heterocycles. The highest BCUT2D eigenvalue weighted by molar-refractivity contribution is 7.13. The molecule has 79 heavy (non-hydrogen) atoms. The number of alkyl carbamates (subject to hydrolysis) is 1. The van der Waals surface area contributed by atoms with E-state index in [4.69, 9.17) is 15.2 Å². The van der Waals surface area contributed by atoms with Gasteiger partial charge in [0.1, 0.15) is 36.4 Å². The van der Waals surface area contributed by atoms with Gasteiger partial charge >= 0.3 is 6.09 Å². The number of hydrogen-bond donors (Lipinski definition) is 6. The van der Waals surface area contributed by atoms with Gasteiger partial charge in [0, 0.05) is 45.3 Å². The van der Waals surface area contributed by atoms with Crippen molar-refractivity contribution >= 4 is 58.8 Å². The summed E-state index contributed by atoms with van der Waals surface area (Å²) in [5, 5.41) is 22.1. The van der Waals surface area contributed by atoms with Crippen LogP contribution in [0.15, 0.2) is 48.0 Å². The minimum absolute atomic E-state index is 0.0552. The number of aromatic nitrogens is 1. The number of amides is 8. The summed E-state index contributed by atoms with van der Waals surface area (Å²) in [6.45, 7) is 15.6. The van der Waals surface area contributed by atoms with Crippen molar-refractivity contribution in [3.05, 3.63) is 70.6 Å². The Morgan fingerprint density at radius 3 is 2.25 bits per heavy atom. The first-order valence-corrected chi connectivity index (χ1v) is 28.2. The number of fused-ring (bicyclic) bond motifs is 1. The van der Waals surface area contributed by atoms with E-state index in [1.54, 1.807) is 49.8 Å². The number of nitrogens with two attached hydrogens (primary N) is 1. The first kappa shape index (κ1) is 61.5. The number of carbonyl (C=O) groups excluding carboxylic acids is 8. The standard InChI is InChI=1S/C57H80FN9O11S/c1-33(36-18-20-38(21-19-36)49-34(2)60-32-79-49)61-52(73)44-28-41(69)29-66(44)54(75)50(56(4,5)6)64-47(71)17-12-10-11-14-37-15-13-16-45(48(37)58)77-31-39(22-25-46(59)70)62-51(72)43-24-23-40-26-27-65(35(3)68)30-42(53(74)67(40)43)63-55(76)78-57(7,8)9/h13,15-16,18-21,32-33,39-44,50,69H,10-12,14,17,22-31H2,1-9H3,(H2,59,70)(H,61,73)(H,62,72)(H,63,76)(H,64,71)/t33?,39?,40-,41-,42+,43+,44+,50?/m1/s1. The summed E-state index contributed by atoms with van der Waals surface area (Å²) >= 11 is 1.55. The molecule has 7 N–H and O–H groups in total. The minimum atomic E-state index is -1.19. The van der Waals surface area contributed by atoms with Crippen LogP contribution in [0.25, 0.3) is 10.4 Å². The topological polar surface area (TPSA) is 272 Å². The number of halogens is 1. The van der Waals surface area contributed by atoms with Gasteiger partial charge in [-0.05, 0) is 108 Å². The van der Waals surface area contributed by atoms with Crippen molar-refractivity contribution in [3.8, 4) is 16.2 Å². The van der Waals surface area contributed by atoms with Crippen molar-refractivity contribution < 1.29 is 57.3 Å². The van der Waals surface area contributed by atoms with Crippen molar-refractivity contribution in [1.29, 1.82) is 0 Å². The molecule has 6 rings (SSSR count). The molecule has 4 heterocycles. The molecule has 3 fully saturated rings. The number of ether oxygens (including phenoxy) is 2. The molecule has 20 nitrogen and oxygen atoms in total. The van der Waals surface area contributed by atoms with Gasteiger partial charge < -0.3 is 56.3 Å². The Balaban J connectivity index is 0.998. The summed E-state index contributed by atoms with van der Waals surface area (Å²) in [4.78, 5) is 117. The Morgan fingerprint density at radius 2 is 1.61 bits per heavy atom. The maximum Gasteiger partial charge on any atom is 0.408 e. The number of aliphatic hydroxyl groups excluding tert-OH is 1. The number of primary amides is 1. The quantitative estimate of drug-likeness (QED) is 0.0736. The fourth-order valence-corrected chi connectivity index (χ4v) is 11.2. The van der Waals surface area contributed by atoms with E-state index in [2.05, 4.69) is 26.3 Å². The van der Waals surface area contributed by atoms with Crippen molar-refractivity contribution in [2.75, 3.05) is 26.2 Å². The van der Waals surface area contributed by atoms with Gasteiger partial charge in [0.2, 0.25) is 41.4 Å². The van der Waals surface area contributed by atoms with Crippen LogP contribution in [0, 0.1) is 18.2 Å². The molecule has 3 unspecified atom stereocenters. The zero-order valence-corrected chi connectivity index (χ0v) is 47.8. The second-order valence-electron chi connectivity index (χ2n) is 23.1. The van der Waals surface area contributed by atoms with Crippen molar-refractivity contribution in [2.24, 2.45) is 11.1 Å². The first-order chi connectivity index (χ1) is 37.2. The number of rotatable bonds is 21. The van der Waals surface area contributed by atoms with Crippen molar-refractivity contribution in [1.82, 2.24) is 41.0 Å². The third-order valence-electron chi connectivity index (χ3n) is 14.6. The average molecular weight is 1120 g/mol. The highest BCUT2D eigenvalue weighted by atomic mass is 32.1. The monoisotopic (exact) mass is 1120 g/mol. The highest BCUT2D eigenvalue weighted by Gasteiger charge is 2.47. The van der Waals surface area contributed by atoms with Crippen LogP contribution in [0.1, 0.15) is 142 Å². The van der Waals surface area contributed by atoms with Crippen LogP contribution in [-0.4, -0.2) is 146 Å². The van der Waals surface area contributed by atoms with Gasteiger partial charge in [0.25, 0.3) is 0 Å². The number of thiazole rings is 1. The molecule has 0 radical (unpaired) electrons. The van der Waals surface area contributed by atoms with E-state index < -0.39 is 94.8 Å². The summed E-state index contributed by atoms with van der Waals surface area (Å²) in [5.74, 6) is -3.87. The Morgan fingerprint density at radius 1 is 0.899 bits per heavy atom. The van der Waals surface area contributed by atoms with Crippen LogP contribution >= 0.6 is 11.3 Å². The predicted molar refractivity (Wildman–Crippen MR) is 294 cm³/mol. The summed E-state index contributed by atoms with van der Waals surface area (Å²) in [7, 11) is 0. The Bertz CT molecular complexity index is 2670. The lowest BCUT2D eigenvalue weighted by Gasteiger charge is -2.38. The lowest BCUT2D eigenvalue weighted by molar-refractivity contribution is -0.145. The van der Waals surface area contributed by atoms with Crippen LogP contribution in [0.2, 0.25) is 0 Å². The van der Waals surface area contributed by atoms with E-state index in [0.29, 0.717) is 57.1 Å². The first-order valence-electron chi connectivity index (χ1n) is 27.4. The summed E-state index contributed by atoms with van der Waals surface area (Å²) in [5.41, 5.74) is 8.88. The normalized spacial score (nSPS) is 20.7. The number of benzene rings is 2. The Labute approximate surface area is 466 Å². The van der Waals surface area contributed by atoms with Crippen LogP contribution in [-0.2, 0) is 44.7 Å². The molecule has 0 aliphatic carbocycles. The molecule has 432 valence electrons. The molecule has 3 aromatic rings. The van der Waals surface area contributed by atoms with Crippen molar-refractivity contribution in [3.63, 3.8) is 0 Å². The molecule has 8 amide bonds. The lowest BCUT2D eigenvalue weighted by atomic mass is 9.85. The molecule has 1 aromatic heterocycles. The Kier molecular flexibility index (Phi) is 21.0. The number of hydrogen-bond acceptors (Lipinski definition) is 13. The number of β-amino-alcohol motifs (C(OH)–C–C–N with tert-alkyl or cyclic N) is 1. The van der Waals surface area contributed by atoms with Gasteiger partial charge in [-0.25, -0.2) is 14.2 Å². The van der Waals surface area contributed by atoms with Gasteiger partial charge in [-0.3, -0.25) is 33.6 Å². The number of nitrogens with one attached hydrogen (secondary N) is 4. The van der Waals surface area contributed by atoms with Gasteiger partial charge in [-0.15, -0.1) is 11.3 Å². The van der Waals surface area contributed by atoms with E-state index in [9.17, 15) is 43.5 Å². The molecular formula is C57H80FN9O11S. The summed E-state index contributed by atoms with van der Waals surface area (Å²) in [6.07, 6.45) is 1.30. The van der Waals surface area contributed by atoms with E-state index in [-0.39, 0.29) is 69.0 Å². The lowest BCUT2D eigenvalue weighted by Crippen LogP contribution is -2.61. The van der Waals surface area contributed by atoms with E-state index >= 15 is 4.39 Å². The SMILES string of the molecule is CC(=O)N1CC[C@H]2CC[C@@H](C(=O)NC(CCC(N)=O)COc3cccc(CCCCCC(=O)NC(C(=O)N4C[C@H](O)C[C@H]4C(=O)NC(C)c4ccc(-c5scnc5C)cc4)C(C)(C)C)c3F)N2C(=O)[C@@H](NC(=O)OC(C)(C)C)C1. The van der Waals surface area contributed by atoms with E-state index in [0.717, 1.165) is 21.7 Å². The molecule has 3 aliphatic rings. The second kappa shape index (κ2) is 27.0. The maximum atomic E-state index is 16.0. The fraction of sp³-hybridized carbons (Fsp3) is 0.596. The number of carbonyl (C=O) groups is 8. The van der Waals surface area contributed by atoms with Crippen LogP contribution in [0.3, 0.4) is 0 Å². The molecule has 0 spiro atoms. The largest absolute Gasteiger partial charge is 0.488 e. The number of nitrogens with zero attached hydrogens (tertiary/aromatic N) is 4. The smallest absolute Gasteiger partial charge is 0.408 e. The fourth-order valence-electron chi connectivity index (χ4n) is 10.4. The number of aliphatic hydroxyl groups is 1. The van der Waals surface area contributed by atoms with Crippen LogP contribution < -0.4 is 31.7 Å². The van der Waals surface area contributed by atoms with Gasteiger partial charge in [-0.2, -0.15) is 0 Å². The van der Waals surface area contributed by atoms with E-state index in [1.807, 2.05) is 58.9 Å². The zero-order valence-electron chi connectivity index (χ0n) is 47.0. The zero-order chi connectivity index (χ0) is 57.9. The van der Waals surface area contributed by atoms with Gasteiger partial charge in [-0.1, -0.05) is 63.6 Å².